The van der Waals surface area contributed by atoms with Crippen LogP contribution in [0.15, 0.2) is 0 Å². The SMILES string of the molecule is NC(=O)C[C@H](NC(=O)[C@H](CO)NC(=O)[C@H](CC(=O)O)NC(=O)[C@H](CO)NC(=O)CNC(=O)[C@H](CO)NC(=O)CNC(=O)[C@H](CC(=O)O)NC(=O)[C@H](CC(N)=O)NC(=O)[C@H](CO)NC(=O)[C@H](CC(=O)O)NC(=O)[C@H](CO)NC(=O)[C@H](CC(=O)O)NC(=O)[C@H](CC(N)=O)NC(=O)[C@H](CO)NC(=O)[C@H](CC(=O)O)NC(=O)[C@H](CO)NC(=O)CNC(=O)[C@@H](N)CO)C(=O)N[C@@H](CC(=O)O)C(=O)NCC(=O)O. The Balaban J connectivity index is 6.40. The van der Waals surface area contributed by atoms with Gasteiger partial charge in [0.25, 0.3) is 0 Å². The predicted molar refractivity (Wildman–Crippen MR) is 430 cm³/mol. The highest BCUT2D eigenvalue weighted by Crippen LogP contribution is 2.09. The van der Waals surface area contributed by atoms with Gasteiger partial charge in [0.15, 0.2) is 0 Å². The summed E-state index contributed by atoms with van der Waals surface area (Å²) in [5.41, 5.74) is 20.9. The van der Waals surface area contributed by atoms with Crippen LogP contribution < -0.4 is 129 Å². The van der Waals surface area contributed by atoms with Crippen LogP contribution in [-0.2, 0) is 144 Å². The lowest BCUT2D eigenvalue weighted by Gasteiger charge is -2.26. The van der Waals surface area contributed by atoms with Gasteiger partial charge < -0.3 is 206 Å². The van der Waals surface area contributed by atoms with Crippen molar-refractivity contribution in [2.45, 2.75) is 160 Å². The Morgan fingerprint density at radius 3 is 0.474 bits per heavy atom. The maximum atomic E-state index is 13.7. The van der Waals surface area contributed by atoms with Crippen molar-refractivity contribution in [3.63, 3.8) is 0 Å². The number of nitrogens with two attached hydrogens (primary N) is 4. The Morgan fingerprint density at radius 1 is 0.168 bits per heavy atom. The average molecular weight is 1980 g/mol. The normalized spacial score (nSPS) is 14.4. The highest BCUT2D eigenvalue weighted by atomic mass is 16.4. The molecule has 0 fully saturated rings. The lowest BCUT2D eigenvalue weighted by Crippen LogP contribution is -2.62. The molecule has 0 aromatic heterocycles. The molecule has 0 saturated heterocycles. The number of amides is 23. The minimum absolute atomic E-state index is 0.849. The molecule has 0 spiro atoms. The van der Waals surface area contributed by atoms with Crippen molar-refractivity contribution in [3.8, 4) is 0 Å². The van der Waals surface area contributed by atoms with E-state index in [1.807, 2.05) is 53.2 Å². The monoisotopic (exact) mass is 1970 g/mol. The minimum Gasteiger partial charge on any atom is -0.481 e. The number of carbonyl (C=O) groups is 30. The van der Waals surface area contributed by atoms with Crippen LogP contribution in [0.3, 0.4) is 0 Å². The van der Waals surface area contributed by atoms with Crippen LogP contribution in [0, 0.1) is 0 Å². The third kappa shape index (κ3) is 47.1. The molecule has 0 unspecified atom stereocenters. The van der Waals surface area contributed by atoms with E-state index in [4.69, 9.17) is 33.1 Å². The second-order valence-electron chi connectivity index (χ2n) is 28.1. The fourth-order valence-corrected chi connectivity index (χ4v) is 10.4. The molecule has 23 amide bonds. The number of hydrogen-bond donors (Lipinski definition) is 39. The number of aliphatic carboxylic acids is 7. The van der Waals surface area contributed by atoms with Gasteiger partial charge in [0, 0.05) is 0 Å². The molecule has 17 atom stereocenters. The largest absolute Gasteiger partial charge is 0.481 e. The molecule has 69 nitrogen and oxygen atoms in total. The number of aliphatic hydroxyl groups excluding tert-OH is 8. The maximum absolute atomic E-state index is 13.7. The molecule has 0 aromatic rings. The molecule has 0 heterocycles. The molecule has 0 aliphatic heterocycles. The van der Waals surface area contributed by atoms with E-state index >= 15 is 0 Å². The van der Waals surface area contributed by atoms with Crippen molar-refractivity contribution in [2.75, 3.05) is 79.0 Å². The van der Waals surface area contributed by atoms with Gasteiger partial charge in [-0.15, -0.1) is 0 Å². The first-order valence-corrected chi connectivity index (χ1v) is 38.9. The first-order valence-electron chi connectivity index (χ1n) is 38.9. The van der Waals surface area contributed by atoms with E-state index in [1.54, 1.807) is 53.2 Å². The molecular formula is C68H102N24O45. The van der Waals surface area contributed by atoms with Gasteiger partial charge in [-0.25, -0.2) is 0 Å². The smallest absolute Gasteiger partial charge is 0.322 e. The highest BCUT2D eigenvalue weighted by molar-refractivity contribution is 6.05. The fraction of sp³-hybridized carbons (Fsp3) is 0.559. The van der Waals surface area contributed by atoms with Crippen LogP contribution in [0.1, 0.15) is 57.8 Å². The summed E-state index contributed by atoms with van der Waals surface area (Å²) in [6, 6.07) is -37.8. The van der Waals surface area contributed by atoms with E-state index < -0.39 is 417 Å². The first-order chi connectivity index (χ1) is 63.9. The molecule has 0 aliphatic rings. The topological polar surface area (TPSA) is 1160 Å². The van der Waals surface area contributed by atoms with Crippen LogP contribution in [0.25, 0.3) is 0 Å². The van der Waals surface area contributed by atoms with Gasteiger partial charge in [-0.1, -0.05) is 0 Å². The second-order valence-corrected chi connectivity index (χ2v) is 28.1. The number of carboxylic acid groups (broad SMARTS) is 7. The Kier molecular flexibility index (Phi) is 54.2. The third-order valence-electron chi connectivity index (χ3n) is 17.2. The zero-order chi connectivity index (χ0) is 105. The maximum Gasteiger partial charge on any atom is 0.322 e. The Morgan fingerprint density at radius 2 is 0.307 bits per heavy atom. The van der Waals surface area contributed by atoms with E-state index in [0.717, 1.165) is 0 Å². The summed E-state index contributed by atoms with van der Waals surface area (Å²) in [6.45, 7) is -15.3. The van der Waals surface area contributed by atoms with Crippen molar-refractivity contribution < 1.29 is 220 Å². The van der Waals surface area contributed by atoms with Crippen molar-refractivity contribution in [3.05, 3.63) is 0 Å². The molecule has 137 heavy (non-hydrogen) atoms. The van der Waals surface area contributed by atoms with Crippen molar-refractivity contribution >= 4 is 178 Å². The number of hydrogen-bond acceptors (Lipinski definition) is 39. The zero-order valence-electron chi connectivity index (χ0n) is 70.9. The second kappa shape index (κ2) is 61.5. The molecule has 0 saturated carbocycles. The van der Waals surface area contributed by atoms with E-state index in [1.165, 1.54) is 0 Å². The Labute approximate surface area is 764 Å². The summed E-state index contributed by atoms with van der Waals surface area (Å²) < 4.78 is 0. The van der Waals surface area contributed by atoms with Crippen molar-refractivity contribution in [2.24, 2.45) is 22.9 Å². The molecule has 0 radical (unpaired) electrons. The number of nitrogens with one attached hydrogen (secondary N) is 20. The summed E-state index contributed by atoms with van der Waals surface area (Å²) in [5, 5.41) is 181. The average Bonchev–Trinajstić information content (AvgIpc) is 0.871. The molecule has 0 rings (SSSR count). The number of rotatable bonds is 67. The predicted octanol–water partition coefficient (Wildman–Crippen LogP) is -27.0. The first kappa shape index (κ1) is 121. The van der Waals surface area contributed by atoms with Crippen LogP contribution in [0.5, 0.6) is 0 Å². The third-order valence-corrected chi connectivity index (χ3v) is 17.2. The van der Waals surface area contributed by atoms with Crippen molar-refractivity contribution in [1.29, 1.82) is 0 Å². The zero-order valence-corrected chi connectivity index (χ0v) is 70.9. The van der Waals surface area contributed by atoms with Gasteiger partial charge >= 0.3 is 41.8 Å². The number of primary amides is 3. The summed E-state index contributed by atoms with van der Waals surface area (Å²) in [7, 11) is 0. The quantitative estimate of drug-likeness (QED) is 0.0269. The summed E-state index contributed by atoms with van der Waals surface area (Å²) in [4.78, 5) is 381. The fourth-order valence-electron chi connectivity index (χ4n) is 10.4. The Hall–Kier alpha value is -16.3. The van der Waals surface area contributed by atoms with Gasteiger partial charge in [0.05, 0.1) is 130 Å². The molecule has 764 valence electrons. The summed E-state index contributed by atoms with van der Waals surface area (Å²) in [5.74, 6) is -48.2. The lowest BCUT2D eigenvalue weighted by molar-refractivity contribution is -0.143. The molecule has 0 aromatic carbocycles. The van der Waals surface area contributed by atoms with E-state index in [9.17, 15) is 210 Å². The molecule has 0 bridgehead atoms. The summed E-state index contributed by atoms with van der Waals surface area (Å²) >= 11 is 0. The molecular weight excluding hydrogens is 1870 g/mol. The van der Waals surface area contributed by atoms with Crippen molar-refractivity contribution in [1.82, 2.24) is 106 Å². The lowest BCUT2D eigenvalue weighted by atomic mass is 10.1. The van der Waals surface area contributed by atoms with E-state index in [-0.39, 0.29) is 0 Å². The standard InChI is InChI=1S/C68H102N24O45/c69-22(14-93)52(121)73-10-42(104)78-33(16-95)63(132)86-29(7-48(113)114)60(129)90-37(20-99)67(136)82-25(3-41(72)103)58(127)85-28(6-47(111)112)59(128)92-38(21-100)68(137)88-31(9-50(117)118)62(131)91-36(19-98)66(135)80-23(1-39(70)101)56(125)83-26(4-45(107)108)53(122)74-11-43(105)77-32(15-94)55(124)75-12-44(106)79-34(17-96)64(133)87-30(8-49(115)116)61(130)89-35(18-97)65(134)81-24(2-40(71)102)57(126)84-27(5-46(109)110)54(123)76-13-51(119)120/h22-38,93-100H,1-21,69H2,(H2,70,101)(H2,71,102)(H2,72,103)(H,73,121)(H,74,122)(H,75,124)(H,76,123)(H,77,105)(H,78,104)(H,79,106)(H,80,135)(H,81,134)(H,82,136)(H,83,125)(H,84,126)(H,85,127)(H,86,132)(H,87,133)(H,88,137)(H,89,130)(H,90,129)(H,91,131)(H,92,128)(H,107,108)(H,109,110)(H,111,112)(H,113,114)(H,115,116)(H,117,118)(H,119,120)/t22-,23-,24-,25-,26-,27-,28-,29-,30-,31-,32-,33-,34-,35-,36-,37-,38-/m0/s1. The van der Waals surface area contributed by atoms with Crippen LogP contribution >= 0.6 is 0 Å². The van der Waals surface area contributed by atoms with Gasteiger partial charge in [0.2, 0.25) is 136 Å². The van der Waals surface area contributed by atoms with Gasteiger partial charge in [-0.3, -0.25) is 144 Å². The van der Waals surface area contributed by atoms with Gasteiger partial charge in [-0.2, -0.15) is 0 Å². The Bertz CT molecular complexity index is 4480. The van der Waals surface area contributed by atoms with E-state index in [2.05, 4.69) is 0 Å². The van der Waals surface area contributed by atoms with Crippen LogP contribution in [0.2, 0.25) is 0 Å². The van der Waals surface area contributed by atoms with E-state index in [0.29, 0.717) is 0 Å². The number of carboxylic acids is 7. The van der Waals surface area contributed by atoms with Gasteiger partial charge in [-0.05, 0) is 0 Å². The summed E-state index contributed by atoms with van der Waals surface area (Å²) in [6.07, 6.45) is -12.1. The highest BCUT2D eigenvalue weighted by Gasteiger charge is 2.41. The van der Waals surface area contributed by atoms with Crippen LogP contribution in [0.4, 0.5) is 0 Å². The van der Waals surface area contributed by atoms with Gasteiger partial charge in [0.1, 0.15) is 109 Å². The number of aliphatic hydroxyl groups is 8. The van der Waals surface area contributed by atoms with Crippen LogP contribution in [-0.4, -0.2) is 436 Å². The molecule has 43 N–H and O–H groups in total. The molecule has 0 aliphatic carbocycles. The minimum atomic E-state index is -2.48. The molecule has 69 heteroatoms. The number of carbonyl (C=O) groups excluding carboxylic acids is 23.